The molecule has 0 unspecified atom stereocenters. The summed E-state index contributed by atoms with van der Waals surface area (Å²) in [6, 6.07) is 9.74. The average Bonchev–Trinajstić information content (AvgIpc) is 2.90. The Bertz CT molecular complexity index is 520. The summed E-state index contributed by atoms with van der Waals surface area (Å²) >= 11 is 1.66. The van der Waals surface area contributed by atoms with Crippen molar-refractivity contribution in [3.63, 3.8) is 0 Å². The molecule has 0 aliphatic heterocycles. The van der Waals surface area contributed by atoms with Crippen LogP contribution < -0.4 is 5.73 Å². The molecule has 4 heteroatoms. The van der Waals surface area contributed by atoms with Crippen LogP contribution in [0.1, 0.15) is 17.5 Å². The van der Waals surface area contributed by atoms with Crippen molar-refractivity contribution in [3.05, 3.63) is 52.2 Å². The van der Waals surface area contributed by atoms with E-state index in [-0.39, 0.29) is 5.91 Å². The molecular weight excluding hydrogens is 256 g/mol. The molecule has 1 heterocycles. The van der Waals surface area contributed by atoms with Crippen molar-refractivity contribution < 1.29 is 4.79 Å². The van der Waals surface area contributed by atoms with E-state index in [1.165, 1.54) is 5.56 Å². The number of benzene rings is 1. The van der Waals surface area contributed by atoms with Crippen molar-refractivity contribution in [2.45, 2.75) is 19.4 Å². The molecule has 0 fully saturated rings. The second-order valence-corrected chi connectivity index (χ2v) is 5.40. The van der Waals surface area contributed by atoms with Gasteiger partial charge in [0, 0.05) is 25.7 Å². The fraction of sp³-hybridized carbons (Fsp3) is 0.267. The minimum absolute atomic E-state index is 0.169. The first kappa shape index (κ1) is 13.6. The van der Waals surface area contributed by atoms with Crippen molar-refractivity contribution in [1.29, 1.82) is 0 Å². The van der Waals surface area contributed by atoms with Gasteiger partial charge in [-0.25, -0.2) is 0 Å². The number of carbonyl (C=O) groups excluding carboxylic acids is 1. The Morgan fingerprint density at radius 3 is 2.58 bits per heavy atom. The van der Waals surface area contributed by atoms with Gasteiger partial charge in [-0.15, -0.1) is 0 Å². The number of rotatable bonds is 5. The van der Waals surface area contributed by atoms with Crippen LogP contribution in [0.2, 0.25) is 0 Å². The molecule has 1 amide bonds. The first-order valence-corrected chi connectivity index (χ1v) is 7.19. The molecule has 1 aromatic heterocycles. The number of amides is 1. The molecule has 0 radical (unpaired) electrons. The van der Waals surface area contributed by atoms with Crippen LogP contribution in [0.3, 0.4) is 0 Å². The number of hydrogen-bond acceptors (Lipinski definition) is 3. The Labute approximate surface area is 117 Å². The van der Waals surface area contributed by atoms with Crippen LogP contribution in [0.15, 0.2) is 41.1 Å². The molecule has 0 atom stereocenters. The molecule has 0 aliphatic rings. The quantitative estimate of drug-likeness (QED) is 0.852. The van der Waals surface area contributed by atoms with E-state index >= 15 is 0 Å². The molecule has 2 aromatic rings. The topological polar surface area (TPSA) is 46.3 Å². The summed E-state index contributed by atoms with van der Waals surface area (Å²) in [7, 11) is 1.85. The summed E-state index contributed by atoms with van der Waals surface area (Å²) in [5.41, 5.74) is 8.72. The van der Waals surface area contributed by atoms with Crippen LogP contribution in [0.4, 0.5) is 5.69 Å². The number of hydrogen-bond donors (Lipinski definition) is 1. The average molecular weight is 274 g/mol. The zero-order valence-corrected chi connectivity index (χ0v) is 11.8. The summed E-state index contributed by atoms with van der Waals surface area (Å²) in [6.07, 6.45) is 1.29. The Morgan fingerprint density at radius 2 is 1.95 bits per heavy atom. The zero-order valence-electron chi connectivity index (χ0n) is 11.0. The summed E-state index contributed by atoms with van der Waals surface area (Å²) in [6.45, 7) is 0.685. The van der Waals surface area contributed by atoms with Gasteiger partial charge >= 0.3 is 0 Å². The van der Waals surface area contributed by atoms with Crippen molar-refractivity contribution in [3.8, 4) is 0 Å². The third-order valence-electron chi connectivity index (χ3n) is 3.03. The summed E-state index contributed by atoms with van der Waals surface area (Å²) in [5, 5.41) is 4.10. The third-order valence-corrected chi connectivity index (χ3v) is 3.76. The van der Waals surface area contributed by atoms with E-state index in [1.807, 2.05) is 36.7 Å². The van der Waals surface area contributed by atoms with Gasteiger partial charge < -0.3 is 10.6 Å². The molecular formula is C15H18N2OS. The molecule has 0 spiro atoms. The van der Waals surface area contributed by atoms with Gasteiger partial charge in [-0.3, -0.25) is 4.79 Å². The Kier molecular flexibility index (Phi) is 4.58. The van der Waals surface area contributed by atoms with Gasteiger partial charge in [0.05, 0.1) is 0 Å². The molecule has 2 N–H and O–H groups in total. The first-order valence-electron chi connectivity index (χ1n) is 6.24. The van der Waals surface area contributed by atoms with Crippen LogP contribution >= 0.6 is 11.3 Å². The second kappa shape index (κ2) is 6.38. The van der Waals surface area contributed by atoms with Gasteiger partial charge in [0.15, 0.2) is 0 Å². The fourth-order valence-corrected chi connectivity index (χ4v) is 2.53. The number of carbonyl (C=O) groups is 1. The normalized spacial score (nSPS) is 10.4. The lowest BCUT2D eigenvalue weighted by Crippen LogP contribution is -2.26. The van der Waals surface area contributed by atoms with E-state index in [0.29, 0.717) is 13.0 Å². The van der Waals surface area contributed by atoms with Crippen molar-refractivity contribution in [1.82, 2.24) is 4.90 Å². The van der Waals surface area contributed by atoms with E-state index in [2.05, 4.69) is 11.4 Å². The van der Waals surface area contributed by atoms with Gasteiger partial charge in [0.1, 0.15) is 0 Å². The molecule has 100 valence electrons. The van der Waals surface area contributed by atoms with Crippen molar-refractivity contribution in [2.24, 2.45) is 0 Å². The molecule has 0 saturated carbocycles. The summed E-state index contributed by atoms with van der Waals surface area (Å²) < 4.78 is 0. The van der Waals surface area contributed by atoms with E-state index in [9.17, 15) is 4.79 Å². The SMILES string of the molecule is CN(Cc1ccsc1)C(=O)CCc1ccc(N)cc1. The maximum atomic E-state index is 12.0. The van der Waals surface area contributed by atoms with E-state index < -0.39 is 0 Å². The second-order valence-electron chi connectivity index (χ2n) is 4.62. The smallest absolute Gasteiger partial charge is 0.222 e. The van der Waals surface area contributed by atoms with E-state index in [0.717, 1.165) is 17.7 Å². The zero-order chi connectivity index (χ0) is 13.7. The highest BCUT2D eigenvalue weighted by atomic mass is 32.1. The fourth-order valence-electron chi connectivity index (χ4n) is 1.87. The lowest BCUT2D eigenvalue weighted by atomic mass is 10.1. The van der Waals surface area contributed by atoms with Gasteiger partial charge in [-0.2, -0.15) is 11.3 Å². The van der Waals surface area contributed by atoms with Crippen LogP contribution in [-0.4, -0.2) is 17.9 Å². The summed E-state index contributed by atoms with van der Waals surface area (Å²) in [4.78, 5) is 13.8. The maximum absolute atomic E-state index is 12.0. The molecule has 0 bridgehead atoms. The lowest BCUT2D eigenvalue weighted by Gasteiger charge is -2.16. The molecule has 1 aromatic carbocycles. The highest BCUT2D eigenvalue weighted by Crippen LogP contribution is 2.11. The molecule has 0 saturated heterocycles. The number of aryl methyl sites for hydroxylation is 1. The molecule has 3 nitrogen and oxygen atoms in total. The predicted octanol–water partition coefficient (Wildman–Crippen LogP) is 2.92. The standard InChI is InChI=1S/C15H18N2OS/c1-17(10-13-8-9-19-11-13)15(18)7-4-12-2-5-14(16)6-3-12/h2-3,5-6,8-9,11H,4,7,10,16H2,1H3. The van der Waals surface area contributed by atoms with Gasteiger partial charge in [0.2, 0.25) is 5.91 Å². The minimum Gasteiger partial charge on any atom is -0.399 e. The highest BCUT2D eigenvalue weighted by Gasteiger charge is 2.09. The third kappa shape index (κ3) is 4.10. The molecule has 0 aliphatic carbocycles. The number of nitrogen functional groups attached to an aromatic ring is 1. The lowest BCUT2D eigenvalue weighted by molar-refractivity contribution is -0.130. The van der Waals surface area contributed by atoms with Gasteiger partial charge in [-0.05, 0) is 46.5 Å². The largest absolute Gasteiger partial charge is 0.399 e. The van der Waals surface area contributed by atoms with Crippen molar-refractivity contribution in [2.75, 3.05) is 12.8 Å². The number of nitrogens with two attached hydrogens (primary N) is 1. The maximum Gasteiger partial charge on any atom is 0.222 e. The van der Waals surface area contributed by atoms with Gasteiger partial charge in [-0.1, -0.05) is 12.1 Å². The highest BCUT2D eigenvalue weighted by molar-refractivity contribution is 7.07. The Hall–Kier alpha value is -1.81. The number of nitrogens with zero attached hydrogens (tertiary/aromatic N) is 1. The number of anilines is 1. The van der Waals surface area contributed by atoms with Crippen molar-refractivity contribution >= 4 is 22.9 Å². The first-order chi connectivity index (χ1) is 9.15. The van der Waals surface area contributed by atoms with Crippen LogP contribution in [0.5, 0.6) is 0 Å². The van der Waals surface area contributed by atoms with E-state index in [4.69, 9.17) is 5.73 Å². The van der Waals surface area contributed by atoms with E-state index in [1.54, 1.807) is 16.2 Å². The van der Waals surface area contributed by atoms with Crippen LogP contribution in [0.25, 0.3) is 0 Å². The Morgan fingerprint density at radius 1 is 1.21 bits per heavy atom. The molecule has 2 rings (SSSR count). The van der Waals surface area contributed by atoms with Crippen LogP contribution in [-0.2, 0) is 17.8 Å². The summed E-state index contributed by atoms with van der Waals surface area (Å²) in [5.74, 6) is 0.169. The van der Waals surface area contributed by atoms with Gasteiger partial charge in [0.25, 0.3) is 0 Å². The monoisotopic (exact) mass is 274 g/mol. The molecule has 19 heavy (non-hydrogen) atoms. The van der Waals surface area contributed by atoms with Crippen LogP contribution in [0, 0.1) is 0 Å². The number of thiophene rings is 1. The minimum atomic E-state index is 0.169. The Balaban J connectivity index is 1.82. The predicted molar refractivity (Wildman–Crippen MR) is 80.0 cm³/mol.